The molecule has 1 aromatic rings. The van der Waals surface area contributed by atoms with E-state index in [-0.39, 0.29) is 16.9 Å². The van der Waals surface area contributed by atoms with Gasteiger partial charge in [-0.3, -0.25) is 0 Å². The lowest BCUT2D eigenvalue weighted by Gasteiger charge is -2.27. The molecule has 1 aromatic carbocycles. The van der Waals surface area contributed by atoms with Crippen molar-refractivity contribution in [2.45, 2.75) is 38.3 Å². The van der Waals surface area contributed by atoms with E-state index in [0.717, 1.165) is 5.56 Å². The van der Waals surface area contributed by atoms with Gasteiger partial charge in [-0.05, 0) is 46.5 Å². The van der Waals surface area contributed by atoms with Gasteiger partial charge in [0.1, 0.15) is 0 Å². The van der Waals surface area contributed by atoms with Crippen LogP contribution in [0.15, 0.2) is 27.6 Å². The highest BCUT2D eigenvalue weighted by Crippen LogP contribution is 2.27. The summed E-state index contributed by atoms with van der Waals surface area (Å²) >= 11 is 3.30. The lowest BCUT2D eigenvalue weighted by atomic mass is 10.1. The highest BCUT2D eigenvalue weighted by molar-refractivity contribution is 9.10. The Morgan fingerprint density at radius 1 is 1.32 bits per heavy atom. The number of nitrogens with zero attached hydrogens (tertiary/aromatic N) is 1. The molecule has 0 bridgehead atoms. The van der Waals surface area contributed by atoms with Gasteiger partial charge in [-0.25, -0.2) is 8.42 Å². The molecular formula is C13H21BrN2O2S. The molecule has 0 fully saturated rings. The van der Waals surface area contributed by atoms with Crippen molar-refractivity contribution in [1.29, 1.82) is 0 Å². The number of sulfonamides is 1. The van der Waals surface area contributed by atoms with Gasteiger partial charge in [-0.2, -0.15) is 4.31 Å². The van der Waals surface area contributed by atoms with Crippen molar-refractivity contribution in [2.24, 2.45) is 11.7 Å². The molecule has 0 aliphatic heterocycles. The average molecular weight is 349 g/mol. The fraction of sp³-hybridized carbons (Fsp3) is 0.538. The molecule has 6 heteroatoms. The minimum Gasteiger partial charge on any atom is -0.326 e. The first-order valence-electron chi connectivity index (χ1n) is 6.18. The predicted octanol–water partition coefficient (Wildman–Crippen LogP) is 2.57. The molecule has 1 unspecified atom stereocenters. The fourth-order valence-corrected chi connectivity index (χ4v) is 4.13. The average Bonchev–Trinajstić information content (AvgIpc) is 2.37. The zero-order valence-electron chi connectivity index (χ0n) is 11.7. The summed E-state index contributed by atoms with van der Waals surface area (Å²) in [7, 11) is -1.90. The smallest absolute Gasteiger partial charge is 0.244 e. The molecule has 0 amide bonds. The van der Waals surface area contributed by atoms with Gasteiger partial charge in [0.15, 0.2) is 0 Å². The Labute approximate surface area is 124 Å². The second-order valence-electron chi connectivity index (χ2n) is 4.97. The first kappa shape index (κ1) is 16.6. The van der Waals surface area contributed by atoms with E-state index in [1.54, 1.807) is 19.2 Å². The number of nitrogens with two attached hydrogens (primary N) is 1. The van der Waals surface area contributed by atoms with Gasteiger partial charge in [0.05, 0.1) is 4.90 Å². The van der Waals surface area contributed by atoms with Crippen molar-refractivity contribution in [3.8, 4) is 0 Å². The Hall–Kier alpha value is -0.430. The fourth-order valence-electron chi connectivity index (χ4n) is 1.67. The monoisotopic (exact) mass is 348 g/mol. The van der Waals surface area contributed by atoms with E-state index in [1.165, 1.54) is 4.31 Å². The minimum absolute atomic E-state index is 0.0709. The summed E-state index contributed by atoms with van der Waals surface area (Å²) in [5, 5.41) is 0. The molecule has 108 valence electrons. The van der Waals surface area contributed by atoms with Crippen molar-refractivity contribution in [1.82, 2.24) is 4.31 Å². The molecular weight excluding hydrogens is 328 g/mol. The van der Waals surface area contributed by atoms with E-state index < -0.39 is 10.0 Å². The number of halogens is 1. The van der Waals surface area contributed by atoms with E-state index in [4.69, 9.17) is 5.73 Å². The van der Waals surface area contributed by atoms with Crippen molar-refractivity contribution in [3.05, 3.63) is 28.2 Å². The lowest BCUT2D eigenvalue weighted by Crippen LogP contribution is -2.38. The predicted molar refractivity (Wildman–Crippen MR) is 81.3 cm³/mol. The Bertz CT molecular complexity index is 544. The van der Waals surface area contributed by atoms with Crippen LogP contribution in [0.4, 0.5) is 0 Å². The molecule has 0 aromatic heterocycles. The quantitative estimate of drug-likeness (QED) is 0.889. The molecule has 1 atom stereocenters. The third kappa shape index (κ3) is 3.56. The number of benzene rings is 1. The summed E-state index contributed by atoms with van der Waals surface area (Å²) < 4.78 is 27.2. The van der Waals surface area contributed by atoms with Crippen molar-refractivity contribution >= 4 is 26.0 Å². The van der Waals surface area contributed by atoms with Crippen molar-refractivity contribution in [2.75, 3.05) is 7.05 Å². The maximum absolute atomic E-state index is 12.6. The maximum Gasteiger partial charge on any atom is 0.244 e. The first-order chi connectivity index (χ1) is 8.71. The summed E-state index contributed by atoms with van der Waals surface area (Å²) in [6.07, 6.45) is 0. The summed E-state index contributed by atoms with van der Waals surface area (Å²) in [5.41, 5.74) is 6.37. The normalized spacial score (nSPS) is 14.1. The van der Waals surface area contributed by atoms with Crippen LogP contribution >= 0.6 is 15.9 Å². The highest BCUT2D eigenvalue weighted by Gasteiger charge is 2.28. The van der Waals surface area contributed by atoms with Gasteiger partial charge in [0, 0.05) is 24.1 Å². The minimum atomic E-state index is -3.52. The molecule has 0 saturated heterocycles. The summed E-state index contributed by atoms with van der Waals surface area (Å²) in [6.45, 7) is 6.23. The number of hydrogen-bond acceptors (Lipinski definition) is 3. The molecule has 0 heterocycles. The van der Waals surface area contributed by atoms with Gasteiger partial charge < -0.3 is 5.73 Å². The zero-order chi connectivity index (χ0) is 14.8. The second-order valence-corrected chi connectivity index (χ2v) is 7.80. The highest BCUT2D eigenvalue weighted by atomic mass is 79.9. The van der Waals surface area contributed by atoms with Crippen LogP contribution < -0.4 is 5.73 Å². The van der Waals surface area contributed by atoms with E-state index in [1.807, 2.05) is 26.8 Å². The topological polar surface area (TPSA) is 63.4 Å². The van der Waals surface area contributed by atoms with E-state index in [2.05, 4.69) is 15.9 Å². The number of hydrogen-bond donors (Lipinski definition) is 1. The van der Waals surface area contributed by atoms with Crippen molar-refractivity contribution in [3.63, 3.8) is 0 Å². The molecule has 0 aliphatic rings. The third-order valence-corrected chi connectivity index (χ3v) is 6.37. The van der Waals surface area contributed by atoms with Crippen LogP contribution in [0.1, 0.15) is 26.3 Å². The van der Waals surface area contributed by atoms with Crippen LogP contribution in [0.3, 0.4) is 0 Å². The van der Waals surface area contributed by atoms with Gasteiger partial charge in [0.2, 0.25) is 10.0 Å². The maximum atomic E-state index is 12.6. The van der Waals surface area contributed by atoms with Gasteiger partial charge in [0.25, 0.3) is 0 Å². The van der Waals surface area contributed by atoms with E-state index >= 15 is 0 Å². The van der Waals surface area contributed by atoms with Crippen LogP contribution in [0.25, 0.3) is 0 Å². The third-order valence-electron chi connectivity index (χ3n) is 3.43. The van der Waals surface area contributed by atoms with Gasteiger partial charge in [-0.15, -0.1) is 0 Å². The molecule has 19 heavy (non-hydrogen) atoms. The van der Waals surface area contributed by atoms with Crippen LogP contribution in [0, 0.1) is 5.92 Å². The Morgan fingerprint density at radius 3 is 2.37 bits per heavy atom. The Balaban J connectivity index is 3.27. The summed E-state index contributed by atoms with van der Waals surface area (Å²) in [6, 6.07) is 5.10. The SMILES string of the molecule is CC(C)C(C)N(C)S(=O)(=O)c1cc(CN)ccc1Br. The Morgan fingerprint density at radius 2 is 1.89 bits per heavy atom. The first-order valence-corrected chi connectivity index (χ1v) is 8.41. The van der Waals surface area contributed by atoms with E-state index in [0.29, 0.717) is 11.0 Å². The zero-order valence-corrected chi connectivity index (χ0v) is 14.1. The van der Waals surface area contributed by atoms with Crippen molar-refractivity contribution < 1.29 is 8.42 Å². The summed E-state index contributed by atoms with van der Waals surface area (Å²) in [4.78, 5) is 0.269. The molecule has 2 N–H and O–H groups in total. The standard InChI is InChI=1S/C13H21BrN2O2S/c1-9(2)10(3)16(4)19(17,18)13-7-11(8-15)5-6-12(13)14/h5-7,9-10H,8,15H2,1-4H3. The Kier molecular flexibility index (Phi) is 5.55. The lowest BCUT2D eigenvalue weighted by molar-refractivity contribution is 0.315. The van der Waals surface area contributed by atoms with Crippen LogP contribution in [0.2, 0.25) is 0 Å². The molecule has 4 nitrogen and oxygen atoms in total. The number of rotatable bonds is 5. The van der Waals surface area contributed by atoms with Gasteiger partial charge in [-0.1, -0.05) is 19.9 Å². The van der Waals surface area contributed by atoms with Crippen LogP contribution in [-0.2, 0) is 16.6 Å². The molecule has 1 rings (SSSR count). The molecule has 0 saturated carbocycles. The largest absolute Gasteiger partial charge is 0.326 e. The van der Waals surface area contributed by atoms with Gasteiger partial charge >= 0.3 is 0 Å². The molecule has 0 radical (unpaired) electrons. The summed E-state index contributed by atoms with van der Waals surface area (Å²) in [5.74, 6) is 0.247. The molecule has 0 aliphatic carbocycles. The molecule has 0 spiro atoms. The second kappa shape index (κ2) is 6.35. The van der Waals surface area contributed by atoms with Crippen LogP contribution in [-0.4, -0.2) is 25.8 Å². The van der Waals surface area contributed by atoms with E-state index in [9.17, 15) is 8.42 Å². The van der Waals surface area contributed by atoms with Crippen LogP contribution in [0.5, 0.6) is 0 Å².